The molecule has 1 aromatic rings. The Morgan fingerprint density at radius 3 is 2.60 bits per heavy atom. The maximum Gasteiger partial charge on any atom is 0.288 e. The van der Waals surface area contributed by atoms with Gasteiger partial charge in [0.1, 0.15) is 0 Å². The molecule has 0 spiro atoms. The van der Waals surface area contributed by atoms with Crippen LogP contribution in [0.5, 0.6) is 0 Å². The Morgan fingerprint density at radius 2 is 2.00 bits per heavy atom. The Labute approximate surface area is 92.3 Å². The molecule has 1 aromatic carbocycles. The number of halogens is 2. The number of benzene rings is 1. The van der Waals surface area contributed by atoms with E-state index in [4.69, 9.17) is 0 Å². The molecule has 0 atom stereocenters. The zero-order valence-corrected chi connectivity index (χ0v) is 9.07. The molecule has 0 aliphatic heterocycles. The molecule has 0 amide bonds. The fraction of sp³-hybridized carbons (Fsp3) is 0.455. The number of para-hydroxylation sites is 1. The van der Waals surface area contributed by atoms with Crippen LogP contribution < -0.4 is 5.32 Å². The van der Waals surface area contributed by atoms with Crippen LogP contribution in [0.4, 0.5) is 14.5 Å². The SMILES string of the molecule is FC(F)Sc1ccccc1NC1CCC1. The summed E-state index contributed by atoms with van der Waals surface area (Å²) in [6.07, 6.45) is 3.53. The van der Waals surface area contributed by atoms with Gasteiger partial charge in [-0.25, -0.2) is 0 Å². The van der Waals surface area contributed by atoms with Gasteiger partial charge >= 0.3 is 0 Å². The number of alkyl halides is 2. The summed E-state index contributed by atoms with van der Waals surface area (Å²) in [4.78, 5) is 0.638. The molecule has 0 heterocycles. The molecule has 1 aliphatic carbocycles. The Bertz CT molecular complexity index is 326. The highest BCUT2D eigenvalue weighted by atomic mass is 32.2. The summed E-state index contributed by atoms with van der Waals surface area (Å²) in [7, 11) is 0. The first-order chi connectivity index (χ1) is 7.25. The number of hydrogen-bond donors (Lipinski definition) is 1. The van der Waals surface area contributed by atoms with Crippen molar-refractivity contribution in [3.63, 3.8) is 0 Å². The van der Waals surface area contributed by atoms with Crippen molar-refractivity contribution in [3.8, 4) is 0 Å². The van der Waals surface area contributed by atoms with E-state index in [0.717, 1.165) is 18.5 Å². The van der Waals surface area contributed by atoms with Crippen molar-refractivity contribution in [1.29, 1.82) is 0 Å². The predicted octanol–water partition coefficient (Wildman–Crippen LogP) is 3.97. The van der Waals surface area contributed by atoms with Gasteiger partial charge in [0.15, 0.2) is 0 Å². The lowest BCUT2D eigenvalue weighted by Gasteiger charge is -2.28. The third-order valence-corrected chi connectivity index (χ3v) is 3.36. The summed E-state index contributed by atoms with van der Waals surface area (Å²) in [6.45, 7) is 0. The van der Waals surface area contributed by atoms with Crippen molar-refractivity contribution >= 4 is 17.4 Å². The molecule has 15 heavy (non-hydrogen) atoms. The van der Waals surface area contributed by atoms with E-state index in [2.05, 4.69) is 5.32 Å². The van der Waals surface area contributed by atoms with Gasteiger partial charge in [-0.1, -0.05) is 23.9 Å². The van der Waals surface area contributed by atoms with Crippen LogP contribution in [0.3, 0.4) is 0 Å². The van der Waals surface area contributed by atoms with Crippen LogP contribution in [-0.4, -0.2) is 11.8 Å². The topological polar surface area (TPSA) is 12.0 Å². The largest absolute Gasteiger partial charge is 0.381 e. The Kier molecular flexibility index (Phi) is 3.46. The molecule has 4 heteroatoms. The summed E-state index contributed by atoms with van der Waals surface area (Å²) in [6, 6.07) is 7.73. The molecule has 82 valence electrons. The zero-order valence-electron chi connectivity index (χ0n) is 8.25. The predicted molar refractivity (Wildman–Crippen MR) is 59.6 cm³/mol. The third-order valence-electron chi connectivity index (χ3n) is 2.57. The molecule has 0 aromatic heterocycles. The van der Waals surface area contributed by atoms with Crippen LogP contribution in [-0.2, 0) is 0 Å². The van der Waals surface area contributed by atoms with Crippen LogP contribution in [0.1, 0.15) is 19.3 Å². The molecule has 0 bridgehead atoms. The standard InChI is InChI=1S/C11H13F2NS/c12-11(13)15-10-7-2-1-6-9(10)14-8-4-3-5-8/h1-2,6-8,11,14H,3-5H2. The van der Waals surface area contributed by atoms with Crippen molar-refractivity contribution < 1.29 is 8.78 Å². The maximum absolute atomic E-state index is 12.3. The highest BCUT2D eigenvalue weighted by Crippen LogP contribution is 2.33. The average Bonchev–Trinajstić information content (AvgIpc) is 2.13. The van der Waals surface area contributed by atoms with Crippen molar-refractivity contribution in [2.75, 3.05) is 5.32 Å². The van der Waals surface area contributed by atoms with Gasteiger partial charge in [0, 0.05) is 16.6 Å². The summed E-state index contributed by atoms with van der Waals surface area (Å²) in [5.41, 5.74) is 0.840. The maximum atomic E-state index is 12.3. The first kappa shape index (κ1) is 10.7. The normalized spacial score (nSPS) is 16.5. The van der Waals surface area contributed by atoms with Crippen LogP contribution in [0, 0.1) is 0 Å². The van der Waals surface area contributed by atoms with E-state index in [1.165, 1.54) is 6.42 Å². The van der Waals surface area contributed by atoms with E-state index < -0.39 is 5.76 Å². The van der Waals surface area contributed by atoms with E-state index in [0.29, 0.717) is 22.7 Å². The number of nitrogens with one attached hydrogen (secondary N) is 1. The highest BCUT2D eigenvalue weighted by molar-refractivity contribution is 7.99. The summed E-state index contributed by atoms with van der Waals surface area (Å²) in [5, 5.41) is 3.30. The monoisotopic (exact) mass is 229 g/mol. The number of rotatable bonds is 4. The van der Waals surface area contributed by atoms with E-state index in [1.54, 1.807) is 12.1 Å². The van der Waals surface area contributed by atoms with Gasteiger partial charge in [0.25, 0.3) is 5.76 Å². The van der Waals surface area contributed by atoms with Crippen molar-refractivity contribution in [2.24, 2.45) is 0 Å². The van der Waals surface area contributed by atoms with Crippen LogP contribution in [0.15, 0.2) is 29.2 Å². The fourth-order valence-corrected chi connectivity index (χ4v) is 2.16. The molecule has 1 saturated carbocycles. The molecule has 1 nitrogen and oxygen atoms in total. The minimum absolute atomic E-state index is 0.476. The summed E-state index contributed by atoms with van der Waals surface area (Å²) < 4.78 is 24.5. The lowest BCUT2D eigenvalue weighted by molar-refractivity contribution is 0.252. The Balaban J connectivity index is 2.06. The van der Waals surface area contributed by atoms with Gasteiger partial charge < -0.3 is 5.32 Å². The van der Waals surface area contributed by atoms with Gasteiger partial charge in [-0.15, -0.1) is 0 Å². The van der Waals surface area contributed by atoms with Gasteiger partial charge in [-0.3, -0.25) is 0 Å². The Morgan fingerprint density at radius 1 is 1.27 bits per heavy atom. The second kappa shape index (κ2) is 4.84. The quantitative estimate of drug-likeness (QED) is 0.784. The molecule has 1 aliphatic rings. The minimum Gasteiger partial charge on any atom is -0.381 e. The van der Waals surface area contributed by atoms with Crippen LogP contribution in [0.2, 0.25) is 0 Å². The molecular formula is C11H13F2NS. The number of anilines is 1. The van der Waals surface area contributed by atoms with Gasteiger partial charge in [-0.2, -0.15) is 8.78 Å². The van der Waals surface area contributed by atoms with Crippen molar-refractivity contribution in [1.82, 2.24) is 0 Å². The second-order valence-corrected chi connectivity index (χ2v) is 4.68. The molecule has 1 fully saturated rings. The number of hydrogen-bond acceptors (Lipinski definition) is 2. The summed E-state index contributed by atoms with van der Waals surface area (Å²) in [5.74, 6) is -2.35. The van der Waals surface area contributed by atoms with E-state index >= 15 is 0 Å². The number of thioether (sulfide) groups is 1. The van der Waals surface area contributed by atoms with Crippen molar-refractivity contribution in [3.05, 3.63) is 24.3 Å². The summed E-state index contributed by atoms with van der Waals surface area (Å²) >= 11 is 0.606. The van der Waals surface area contributed by atoms with E-state index in [-0.39, 0.29) is 0 Å². The first-order valence-electron chi connectivity index (χ1n) is 5.06. The van der Waals surface area contributed by atoms with Crippen LogP contribution >= 0.6 is 11.8 Å². The molecule has 0 radical (unpaired) electrons. The van der Waals surface area contributed by atoms with Gasteiger partial charge in [0.2, 0.25) is 0 Å². The third kappa shape index (κ3) is 2.84. The van der Waals surface area contributed by atoms with Crippen molar-refractivity contribution in [2.45, 2.75) is 36.0 Å². The molecule has 2 rings (SSSR count). The smallest absolute Gasteiger partial charge is 0.288 e. The van der Waals surface area contributed by atoms with Gasteiger partial charge in [-0.05, 0) is 31.4 Å². The van der Waals surface area contributed by atoms with E-state index in [9.17, 15) is 8.78 Å². The minimum atomic E-state index is -2.35. The molecule has 0 unspecified atom stereocenters. The molecule has 0 saturated heterocycles. The fourth-order valence-electron chi connectivity index (χ4n) is 1.56. The lowest BCUT2D eigenvalue weighted by atomic mass is 9.93. The molecular weight excluding hydrogens is 216 g/mol. The highest BCUT2D eigenvalue weighted by Gasteiger charge is 2.18. The second-order valence-electron chi connectivity index (χ2n) is 3.65. The van der Waals surface area contributed by atoms with Gasteiger partial charge in [0.05, 0.1) is 0 Å². The Hall–Kier alpha value is -0.770. The average molecular weight is 229 g/mol. The zero-order chi connectivity index (χ0) is 10.7. The lowest BCUT2D eigenvalue weighted by Crippen LogP contribution is -2.27. The first-order valence-corrected chi connectivity index (χ1v) is 5.94. The van der Waals surface area contributed by atoms with E-state index in [1.807, 2.05) is 12.1 Å². The van der Waals surface area contributed by atoms with Crippen LogP contribution in [0.25, 0.3) is 0 Å². The molecule has 1 N–H and O–H groups in total.